The number of nitrogens with zero attached hydrogens (tertiary/aromatic N) is 5. The van der Waals surface area contributed by atoms with E-state index in [0.717, 1.165) is 42.3 Å². The van der Waals surface area contributed by atoms with Crippen molar-refractivity contribution in [3.8, 4) is 0 Å². The van der Waals surface area contributed by atoms with Gasteiger partial charge in [-0.3, -0.25) is 9.59 Å². The molecule has 0 atom stereocenters. The first kappa shape index (κ1) is 21.5. The second kappa shape index (κ2) is 8.87. The summed E-state index contributed by atoms with van der Waals surface area (Å²) in [4.78, 5) is 39.3. The summed E-state index contributed by atoms with van der Waals surface area (Å²) in [6.07, 6.45) is 7.13. The number of pyridine rings is 1. The van der Waals surface area contributed by atoms with Crippen molar-refractivity contribution in [1.29, 1.82) is 0 Å². The van der Waals surface area contributed by atoms with Gasteiger partial charge >= 0.3 is 0 Å². The fourth-order valence-corrected chi connectivity index (χ4v) is 4.35. The lowest BCUT2D eigenvalue weighted by Gasteiger charge is -2.22. The lowest BCUT2D eigenvalue weighted by atomic mass is 10.2. The van der Waals surface area contributed by atoms with Crippen LogP contribution in [-0.4, -0.2) is 63.4 Å². The maximum atomic E-state index is 12.8. The summed E-state index contributed by atoms with van der Waals surface area (Å²) < 4.78 is 12.9. The zero-order valence-electron chi connectivity index (χ0n) is 18.7. The van der Waals surface area contributed by atoms with E-state index >= 15 is 0 Å². The number of ether oxygens (including phenoxy) is 2. The Hall–Kier alpha value is -3.37. The molecule has 5 rings (SSSR count). The monoisotopic (exact) mass is 450 g/mol. The largest absolute Gasteiger partial charge is 0.343 e. The minimum absolute atomic E-state index is 0.0392. The van der Waals surface area contributed by atoms with Gasteiger partial charge < -0.3 is 24.3 Å². The molecule has 0 bridgehead atoms. The molecule has 0 aromatic carbocycles. The van der Waals surface area contributed by atoms with Gasteiger partial charge in [0.05, 0.1) is 0 Å². The van der Waals surface area contributed by atoms with Crippen molar-refractivity contribution in [3.63, 3.8) is 0 Å². The van der Waals surface area contributed by atoms with Crippen molar-refractivity contribution in [2.45, 2.75) is 38.0 Å². The molecule has 0 spiro atoms. The highest BCUT2D eigenvalue weighted by molar-refractivity contribution is 5.97. The molecule has 1 N–H and O–H groups in total. The van der Waals surface area contributed by atoms with Crippen molar-refractivity contribution in [1.82, 2.24) is 24.4 Å². The molecule has 0 radical (unpaired) electrons. The number of ketones is 1. The highest BCUT2D eigenvalue weighted by Crippen LogP contribution is 2.35. The summed E-state index contributed by atoms with van der Waals surface area (Å²) in [5.41, 5.74) is 2.11. The number of nitrogens with one attached hydrogen (secondary N) is 1. The van der Waals surface area contributed by atoms with Gasteiger partial charge in [-0.2, -0.15) is 4.98 Å². The third kappa shape index (κ3) is 4.31. The zero-order chi connectivity index (χ0) is 22.9. The molecule has 2 aliphatic rings. The van der Waals surface area contributed by atoms with E-state index in [1.807, 2.05) is 12.1 Å². The van der Waals surface area contributed by atoms with Crippen molar-refractivity contribution >= 4 is 34.5 Å². The van der Waals surface area contributed by atoms with Crippen LogP contribution in [0, 0.1) is 0 Å². The quantitative estimate of drug-likeness (QED) is 0.631. The molecule has 4 heterocycles. The van der Waals surface area contributed by atoms with Crippen LogP contribution in [0.2, 0.25) is 0 Å². The molecule has 0 unspecified atom stereocenters. The van der Waals surface area contributed by atoms with Crippen LogP contribution >= 0.6 is 0 Å². The van der Waals surface area contributed by atoms with Gasteiger partial charge in [-0.15, -0.1) is 0 Å². The lowest BCUT2D eigenvalue weighted by Crippen LogP contribution is -2.26. The van der Waals surface area contributed by atoms with Crippen LogP contribution in [0.4, 0.5) is 11.8 Å². The zero-order valence-corrected chi connectivity index (χ0v) is 18.7. The van der Waals surface area contributed by atoms with Crippen molar-refractivity contribution < 1.29 is 19.1 Å². The fraction of sp³-hybridized carbons (Fsp3) is 0.435. The molecule has 1 amide bonds. The van der Waals surface area contributed by atoms with Crippen LogP contribution in [-0.2, 0) is 14.3 Å². The Kier molecular flexibility index (Phi) is 5.77. The smallest absolute Gasteiger partial charge is 0.270 e. The second-order valence-corrected chi connectivity index (χ2v) is 8.60. The summed E-state index contributed by atoms with van der Waals surface area (Å²) >= 11 is 0. The molecular weight excluding hydrogens is 424 g/mol. The van der Waals surface area contributed by atoms with E-state index in [-0.39, 0.29) is 30.9 Å². The predicted octanol–water partition coefficient (Wildman–Crippen LogP) is 3.00. The van der Waals surface area contributed by atoms with E-state index in [2.05, 4.69) is 19.9 Å². The van der Waals surface area contributed by atoms with Gasteiger partial charge in [0.1, 0.15) is 30.4 Å². The Morgan fingerprint density at radius 2 is 1.88 bits per heavy atom. The van der Waals surface area contributed by atoms with Crippen LogP contribution in [0.1, 0.15) is 54.1 Å². The molecule has 1 aliphatic carbocycles. The number of Topliss-reactive ketones (excluding diaryl/α,β-unsaturated/α-hetero) is 1. The van der Waals surface area contributed by atoms with E-state index in [4.69, 9.17) is 14.5 Å². The van der Waals surface area contributed by atoms with Crippen molar-refractivity contribution in [2.24, 2.45) is 0 Å². The van der Waals surface area contributed by atoms with E-state index in [0.29, 0.717) is 17.5 Å². The van der Waals surface area contributed by atoms with Gasteiger partial charge in [0.15, 0.2) is 12.1 Å². The van der Waals surface area contributed by atoms with Gasteiger partial charge in [-0.25, -0.2) is 9.97 Å². The third-order valence-corrected chi connectivity index (χ3v) is 5.98. The number of hydrogen-bond acceptors (Lipinski definition) is 8. The summed E-state index contributed by atoms with van der Waals surface area (Å²) in [5, 5.41) is 3.97. The number of carbonyl (C=O) groups excluding carboxylic acids is 2. The molecule has 10 nitrogen and oxygen atoms in total. The molecular formula is C23H26N6O4. The Labute approximate surface area is 190 Å². The number of aromatic nitrogens is 4. The standard InChI is InChI=1S/C23H26N6O4/c1-28(2)21(31)18-9-15-11-25-23(27-20(15)29(18)16-5-3-4-6-16)26-19-8-7-14(10-24-19)22-32-12-17(30)13-33-22/h7-11,16,22H,3-6,12-13H2,1-2H3,(H,24,25,26,27). The molecule has 1 saturated carbocycles. The Morgan fingerprint density at radius 3 is 2.55 bits per heavy atom. The molecule has 33 heavy (non-hydrogen) atoms. The second-order valence-electron chi connectivity index (χ2n) is 8.60. The molecule has 1 saturated heterocycles. The highest BCUT2D eigenvalue weighted by atomic mass is 16.7. The number of rotatable bonds is 5. The van der Waals surface area contributed by atoms with Gasteiger partial charge in [0.2, 0.25) is 5.95 Å². The first-order valence-electron chi connectivity index (χ1n) is 11.1. The van der Waals surface area contributed by atoms with Crippen LogP contribution < -0.4 is 5.32 Å². The van der Waals surface area contributed by atoms with Gasteiger partial charge in [0.25, 0.3) is 5.91 Å². The Bertz CT molecular complexity index is 1170. The summed E-state index contributed by atoms with van der Waals surface area (Å²) in [6.45, 7) is 0.0783. The van der Waals surface area contributed by atoms with Gasteiger partial charge in [-0.05, 0) is 31.0 Å². The number of amides is 1. The summed E-state index contributed by atoms with van der Waals surface area (Å²) in [7, 11) is 3.52. The number of carbonyl (C=O) groups is 2. The first-order chi connectivity index (χ1) is 16.0. The number of fused-ring (bicyclic) bond motifs is 1. The van der Waals surface area contributed by atoms with Crippen LogP contribution in [0.25, 0.3) is 11.0 Å². The van der Waals surface area contributed by atoms with Gasteiger partial charge in [-0.1, -0.05) is 12.8 Å². The molecule has 172 valence electrons. The van der Waals surface area contributed by atoms with E-state index < -0.39 is 6.29 Å². The van der Waals surface area contributed by atoms with E-state index in [9.17, 15) is 9.59 Å². The Balaban J connectivity index is 1.41. The van der Waals surface area contributed by atoms with E-state index in [1.54, 1.807) is 37.5 Å². The highest BCUT2D eigenvalue weighted by Gasteiger charge is 2.26. The molecule has 2 fully saturated rings. The summed E-state index contributed by atoms with van der Waals surface area (Å²) in [5.74, 6) is 0.844. The Morgan fingerprint density at radius 1 is 1.12 bits per heavy atom. The number of anilines is 2. The normalized spacial score (nSPS) is 17.6. The molecule has 10 heteroatoms. The minimum atomic E-state index is -0.598. The molecule has 3 aromatic heterocycles. The minimum Gasteiger partial charge on any atom is -0.343 e. The average Bonchev–Trinajstić information content (AvgIpc) is 3.47. The number of hydrogen-bond donors (Lipinski definition) is 1. The van der Waals surface area contributed by atoms with Crippen LogP contribution in [0.3, 0.4) is 0 Å². The van der Waals surface area contributed by atoms with Gasteiger partial charge in [0, 0.05) is 43.5 Å². The fourth-order valence-electron chi connectivity index (χ4n) is 4.35. The maximum Gasteiger partial charge on any atom is 0.270 e. The lowest BCUT2D eigenvalue weighted by molar-refractivity contribution is -0.189. The molecule has 3 aromatic rings. The SMILES string of the molecule is CN(C)C(=O)c1cc2cnc(Nc3ccc(C4OCC(=O)CO4)cn3)nc2n1C1CCCC1. The maximum absolute atomic E-state index is 12.8. The topological polar surface area (TPSA) is 111 Å². The third-order valence-electron chi connectivity index (χ3n) is 5.98. The van der Waals surface area contributed by atoms with Crippen LogP contribution in [0.5, 0.6) is 0 Å². The summed E-state index contributed by atoms with van der Waals surface area (Å²) in [6, 6.07) is 5.73. The van der Waals surface area contributed by atoms with E-state index in [1.165, 1.54) is 0 Å². The molecule has 1 aliphatic heterocycles. The average molecular weight is 450 g/mol. The van der Waals surface area contributed by atoms with Crippen LogP contribution in [0.15, 0.2) is 30.6 Å². The first-order valence-corrected chi connectivity index (χ1v) is 11.1. The van der Waals surface area contributed by atoms with Crippen molar-refractivity contribution in [3.05, 3.63) is 41.9 Å². The van der Waals surface area contributed by atoms with Crippen molar-refractivity contribution in [2.75, 3.05) is 32.6 Å². The predicted molar refractivity (Wildman–Crippen MR) is 120 cm³/mol.